The Morgan fingerprint density at radius 1 is 0.917 bits per heavy atom. The highest BCUT2D eigenvalue weighted by molar-refractivity contribution is 8.14. The quantitative estimate of drug-likeness (QED) is 0.726. The number of nitrogens with one attached hydrogen (secondary N) is 2. The third-order valence-corrected chi connectivity index (χ3v) is 4.44. The number of anilines is 1. The predicted octanol–water partition coefficient (Wildman–Crippen LogP) is 4.38. The van der Waals surface area contributed by atoms with Crippen LogP contribution in [0.3, 0.4) is 0 Å². The zero-order valence-electron chi connectivity index (χ0n) is 13.4. The first-order chi connectivity index (χ1) is 10.9. The molecule has 0 atom stereocenters. The minimum atomic E-state index is 0. The summed E-state index contributed by atoms with van der Waals surface area (Å²) in [5.74, 6) is 1.09. The van der Waals surface area contributed by atoms with Crippen LogP contribution in [0.15, 0.2) is 59.6 Å². The van der Waals surface area contributed by atoms with Crippen molar-refractivity contribution in [2.45, 2.75) is 13.0 Å². The number of benzene rings is 2. The number of nitrogens with zero attached hydrogens (tertiary/aromatic N) is 1. The summed E-state index contributed by atoms with van der Waals surface area (Å²) in [5, 5.41) is 7.88. The van der Waals surface area contributed by atoms with Crippen LogP contribution in [-0.4, -0.2) is 24.0 Å². The second-order valence-electron chi connectivity index (χ2n) is 5.27. The largest absolute Gasteiger partial charge is 0.335 e. The van der Waals surface area contributed by atoms with Crippen molar-refractivity contribution >= 4 is 47.4 Å². The van der Waals surface area contributed by atoms with E-state index in [1.807, 2.05) is 0 Å². The molecular formula is C18H23Cl2N3S. The lowest BCUT2D eigenvalue weighted by Crippen LogP contribution is -2.16. The number of hydrogen-bond donors (Lipinski definition) is 2. The Morgan fingerprint density at radius 2 is 1.67 bits per heavy atom. The Balaban J connectivity index is 0.00000144. The lowest BCUT2D eigenvalue weighted by molar-refractivity contribution is 0.687. The number of halogens is 2. The zero-order valence-corrected chi connectivity index (χ0v) is 15.9. The first-order valence-electron chi connectivity index (χ1n) is 7.68. The number of thioether (sulfide) groups is 1. The van der Waals surface area contributed by atoms with E-state index in [0.717, 1.165) is 42.7 Å². The molecule has 0 fully saturated rings. The van der Waals surface area contributed by atoms with Gasteiger partial charge in [-0.15, -0.1) is 24.8 Å². The molecule has 3 nitrogen and oxygen atoms in total. The van der Waals surface area contributed by atoms with E-state index in [-0.39, 0.29) is 24.8 Å². The van der Waals surface area contributed by atoms with Crippen LogP contribution in [0.5, 0.6) is 0 Å². The highest BCUT2D eigenvalue weighted by Crippen LogP contribution is 2.16. The van der Waals surface area contributed by atoms with Gasteiger partial charge < -0.3 is 10.6 Å². The van der Waals surface area contributed by atoms with Gasteiger partial charge in [0.05, 0.1) is 6.54 Å². The molecule has 0 spiro atoms. The van der Waals surface area contributed by atoms with E-state index in [0.29, 0.717) is 0 Å². The number of hydrogen-bond acceptors (Lipinski definition) is 4. The maximum atomic E-state index is 4.40. The molecule has 1 aliphatic rings. The molecule has 0 radical (unpaired) electrons. The zero-order chi connectivity index (χ0) is 15.0. The Morgan fingerprint density at radius 3 is 2.33 bits per heavy atom. The van der Waals surface area contributed by atoms with Crippen LogP contribution in [0.4, 0.5) is 5.69 Å². The van der Waals surface area contributed by atoms with Crippen LogP contribution in [0.25, 0.3) is 0 Å². The average Bonchev–Trinajstić information content (AvgIpc) is 3.07. The first-order valence-corrected chi connectivity index (χ1v) is 8.66. The fraction of sp³-hybridized carbons (Fsp3) is 0.278. The second kappa shape index (κ2) is 11.4. The summed E-state index contributed by atoms with van der Waals surface area (Å²) in [5.41, 5.74) is 3.80. The van der Waals surface area contributed by atoms with E-state index in [4.69, 9.17) is 0 Å². The smallest absolute Gasteiger partial charge is 0.161 e. The van der Waals surface area contributed by atoms with Crippen molar-refractivity contribution in [3.8, 4) is 0 Å². The molecule has 2 aromatic rings. The van der Waals surface area contributed by atoms with Crippen LogP contribution >= 0.6 is 36.6 Å². The molecule has 0 saturated carbocycles. The fourth-order valence-corrected chi connectivity index (χ4v) is 3.10. The lowest BCUT2D eigenvalue weighted by Gasteiger charge is -2.08. The molecule has 2 N–H and O–H groups in total. The fourth-order valence-electron chi connectivity index (χ4n) is 2.35. The van der Waals surface area contributed by atoms with E-state index < -0.39 is 0 Å². The summed E-state index contributed by atoms with van der Waals surface area (Å²) >= 11 is 1.79. The minimum Gasteiger partial charge on any atom is -0.335 e. The maximum Gasteiger partial charge on any atom is 0.161 e. The Labute approximate surface area is 160 Å². The lowest BCUT2D eigenvalue weighted by atomic mass is 10.1. The molecule has 0 unspecified atom stereocenters. The van der Waals surface area contributed by atoms with Gasteiger partial charge in [0.15, 0.2) is 5.17 Å². The molecule has 0 aliphatic carbocycles. The highest BCUT2D eigenvalue weighted by atomic mass is 35.5. The molecule has 0 aromatic heterocycles. The Kier molecular flexibility index (Phi) is 9.88. The van der Waals surface area contributed by atoms with Gasteiger partial charge in [-0.3, -0.25) is 4.99 Å². The van der Waals surface area contributed by atoms with Gasteiger partial charge in [0.25, 0.3) is 0 Å². The van der Waals surface area contributed by atoms with E-state index >= 15 is 0 Å². The standard InChI is InChI=1S/C18H21N3S.2ClH/c1-2-4-16(5-3-1)14-19-11-10-15-6-8-17(9-7-15)21-18-20-12-13-22-18;;/h1-9,19H,10-14H2,(H,20,21);2*1H. The van der Waals surface area contributed by atoms with Crippen molar-refractivity contribution < 1.29 is 0 Å². The molecule has 6 heteroatoms. The van der Waals surface area contributed by atoms with Gasteiger partial charge >= 0.3 is 0 Å². The third kappa shape index (κ3) is 6.73. The minimum absolute atomic E-state index is 0. The van der Waals surface area contributed by atoms with Crippen molar-refractivity contribution in [2.24, 2.45) is 4.99 Å². The summed E-state index contributed by atoms with van der Waals surface area (Å²) in [7, 11) is 0. The van der Waals surface area contributed by atoms with Crippen molar-refractivity contribution in [1.29, 1.82) is 0 Å². The first kappa shape index (κ1) is 20.8. The molecular weight excluding hydrogens is 361 g/mol. The van der Waals surface area contributed by atoms with Gasteiger partial charge in [-0.1, -0.05) is 54.2 Å². The SMILES string of the molecule is Cl.Cl.c1ccc(CNCCc2ccc(NC3=NCCS3)cc2)cc1. The van der Waals surface area contributed by atoms with Crippen LogP contribution in [0.2, 0.25) is 0 Å². The summed E-state index contributed by atoms with van der Waals surface area (Å²) in [6.45, 7) is 2.85. The van der Waals surface area contributed by atoms with Crippen molar-refractivity contribution in [1.82, 2.24) is 5.32 Å². The third-order valence-electron chi connectivity index (χ3n) is 3.55. The second-order valence-corrected chi connectivity index (χ2v) is 6.35. The van der Waals surface area contributed by atoms with Crippen LogP contribution < -0.4 is 10.6 Å². The van der Waals surface area contributed by atoms with Crippen LogP contribution in [-0.2, 0) is 13.0 Å². The van der Waals surface area contributed by atoms with Crippen molar-refractivity contribution in [3.63, 3.8) is 0 Å². The topological polar surface area (TPSA) is 36.4 Å². The van der Waals surface area contributed by atoms with Crippen molar-refractivity contribution in [3.05, 3.63) is 65.7 Å². The van der Waals surface area contributed by atoms with E-state index in [1.165, 1.54) is 11.1 Å². The maximum absolute atomic E-state index is 4.40. The summed E-state index contributed by atoms with van der Waals surface area (Å²) in [4.78, 5) is 4.40. The molecule has 24 heavy (non-hydrogen) atoms. The molecule has 0 amide bonds. The Bertz CT molecular complexity index is 618. The monoisotopic (exact) mass is 383 g/mol. The van der Waals surface area contributed by atoms with Crippen LogP contribution in [0, 0.1) is 0 Å². The normalized spacial score (nSPS) is 12.8. The average molecular weight is 384 g/mol. The highest BCUT2D eigenvalue weighted by Gasteiger charge is 2.06. The summed E-state index contributed by atoms with van der Waals surface area (Å²) in [6.07, 6.45) is 1.04. The molecule has 1 aliphatic heterocycles. The molecule has 2 aromatic carbocycles. The van der Waals surface area contributed by atoms with Crippen molar-refractivity contribution in [2.75, 3.05) is 24.2 Å². The van der Waals surface area contributed by atoms with E-state index in [1.54, 1.807) is 11.8 Å². The predicted molar refractivity (Wildman–Crippen MR) is 111 cm³/mol. The number of amidine groups is 1. The molecule has 0 saturated heterocycles. The van der Waals surface area contributed by atoms with E-state index in [2.05, 4.69) is 70.2 Å². The molecule has 0 bridgehead atoms. The molecule has 3 rings (SSSR count). The van der Waals surface area contributed by atoms with Crippen LogP contribution in [0.1, 0.15) is 11.1 Å². The number of rotatable bonds is 6. The summed E-state index contributed by atoms with van der Waals surface area (Å²) in [6, 6.07) is 19.1. The molecule has 130 valence electrons. The van der Waals surface area contributed by atoms with Gasteiger partial charge in [0.2, 0.25) is 0 Å². The van der Waals surface area contributed by atoms with Gasteiger partial charge in [-0.25, -0.2) is 0 Å². The summed E-state index contributed by atoms with van der Waals surface area (Å²) < 4.78 is 0. The molecule has 1 heterocycles. The van der Waals surface area contributed by atoms with Gasteiger partial charge in [0.1, 0.15) is 0 Å². The van der Waals surface area contributed by atoms with Gasteiger partial charge in [-0.05, 0) is 36.2 Å². The van der Waals surface area contributed by atoms with Gasteiger partial charge in [-0.2, -0.15) is 0 Å². The van der Waals surface area contributed by atoms with Gasteiger partial charge in [0, 0.05) is 18.0 Å². The van der Waals surface area contributed by atoms with E-state index in [9.17, 15) is 0 Å². The number of aliphatic imine (C=N–C) groups is 1. The Hall–Kier alpha value is -1.20.